The first-order valence-electron chi connectivity index (χ1n) is 6.75. The van der Waals surface area contributed by atoms with Gasteiger partial charge in [0.25, 0.3) is 0 Å². The van der Waals surface area contributed by atoms with Crippen molar-refractivity contribution < 1.29 is 18.3 Å². The van der Waals surface area contributed by atoms with Crippen LogP contribution in [0.25, 0.3) is 0 Å². The lowest BCUT2D eigenvalue weighted by molar-refractivity contribution is -0.121. The van der Waals surface area contributed by atoms with Gasteiger partial charge in [-0.2, -0.15) is 0 Å². The molecule has 0 heterocycles. The topological polar surface area (TPSA) is 86.7 Å². The van der Waals surface area contributed by atoms with Gasteiger partial charge in [-0.15, -0.1) is 0 Å². The first kappa shape index (κ1) is 17.5. The second kappa shape index (κ2) is 7.99. The van der Waals surface area contributed by atoms with Gasteiger partial charge < -0.3 is 10.4 Å². The number of benzene rings is 1. The predicted octanol–water partition coefficient (Wildman–Crippen LogP) is 0.722. The number of nitrogens with one attached hydrogen (secondary N) is 1. The van der Waals surface area contributed by atoms with Crippen LogP contribution in [0.1, 0.15) is 18.4 Å². The van der Waals surface area contributed by atoms with Crippen molar-refractivity contribution in [3.8, 4) is 5.75 Å². The van der Waals surface area contributed by atoms with Crippen LogP contribution < -0.4 is 5.32 Å². The Hall–Kier alpha value is -1.60. The number of amides is 1. The van der Waals surface area contributed by atoms with Gasteiger partial charge in [0.2, 0.25) is 15.9 Å². The Morgan fingerprint density at radius 1 is 1.33 bits per heavy atom. The molecule has 6 nitrogen and oxygen atoms in total. The molecule has 1 aromatic carbocycles. The molecule has 0 aliphatic heterocycles. The molecule has 0 aliphatic rings. The molecule has 0 bridgehead atoms. The molecule has 0 saturated carbocycles. The van der Waals surface area contributed by atoms with E-state index in [1.807, 2.05) is 6.07 Å². The summed E-state index contributed by atoms with van der Waals surface area (Å²) in [6, 6.07) is 6.92. The fourth-order valence-corrected chi connectivity index (χ4v) is 2.21. The molecule has 2 N–H and O–H groups in total. The molecule has 0 saturated heterocycles. The van der Waals surface area contributed by atoms with E-state index in [0.29, 0.717) is 32.4 Å². The summed E-state index contributed by atoms with van der Waals surface area (Å²) in [4.78, 5) is 11.6. The number of para-hydroxylation sites is 1. The average Bonchev–Trinajstić information content (AvgIpc) is 2.41. The predicted molar refractivity (Wildman–Crippen MR) is 81.5 cm³/mol. The van der Waals surface area contributed by atoms with E-state index < -0.39 is 10.0 Å². The van der Waals surface area contributed by atoms with E-state index in [1.165, 1.54) is 11.4 Å². The minimum atomic E-state index is -3.16. The van der Waals surface area contributed by atoms with Crippen molar-refractivity contribution in [2.24, 2.45) is 0 Å². The maximum Gasteiger partial charge on any atom is 0.220 e. The Bertz CT molecular complexity index is 572. The normalized spacial score (nSPS) is 11.6. The zero-order valence-corrected chi connectivity index (χ0v) is 13.2. The summed E-state index contributed by atoms with van der Waals surface area (Å²) in [5, 5.41) is 12.3. The third-order valence-corrected chi connectivity index (χ3v) is 4.47. The molecule has 0 unspecified atom stereocenters. The summed E-state index contributed by atoms with van der Waals surface area (Å²) in [6.45, 7) is 0.804. The molecule has 1 aromatic rings. The van der Waals surface area contributed by atoms with Gasteiger partial charge in [-0.25, -0.2) is 12.7 Å². The van der Waals surface area contributed by atoms with Crippen LogP contribution in [0.5, 0.6) is 5.75 Å². The minimum absolute atomic E-state index is 0.111. The van der Waals surface area contributed by atoms with E-state index in [-0.39, 0.29) is 11.7 Å². The van der Waals surface area contributed by atoms with E-state index >= 15 is 0 Å². The van der Waals surface area contributed by atoms with Gasteiger partial charge in [-0.1, -0.05) is 18.2 Å². The number of nitrogens with zero attached hydrogens (tertiary/aromatic N) is 1. The Labute approximate surface area is 125 Å². The molecular formula is C14H22N2O4S. The lowest BCUT2D eigenvalue weighted by atomic mass is 10.1. The summed E-state index contributed by atoms with van der Waals surface area (Å²) in [5.41, 5.74) is 0.740. The molecule has 21 heavy (non-hydrogen) atoms. The maximum atomic E-state index is 11.6. The Kier molecular flexibility index (Phi) is 6.64. The van der Waals surface area contributed by atoms with E-state index in [2.05, 4.69) is 5.32 Å². The molecule has 118 valence electrons. The Morgan fingerprint density at radius 2 is 2.00 bits per heavy atom. The highest BCUT2D eigenvalue weighted by molar-refractivity contribution is 7.88. The third kappa shape index (κ3) is 6.59. The standard InChI is InChI=1S/C14H22N2O4S/c1-16(21(2,19)20)11-5-10-15-14(18)9-8-12-6-3-4-7-13(12)17/h3-4,6-7,17H,5,8-11H2,1-2H3,(H,15,18). The number of aromatic hydroxyl groups is 1. The van der Waals surface area contributed by atoms with Crippen LogP contribution in [-0.4, -0.2) is 50.1 Å². The highest BCUT2D eigenvalue weighted by Gasteiger charge is 2.10. The zero-order chi connectivity index (χ0) is 15.9. The molecular weight excluding hydrogens is 292 g/mol. The van der Waals surface area contributed by atoms with Crippen molar-refractivity contribution >= 4 is 15.9 Å². The van der Waals surface area contributed by atoms with Crippen LogP contribution in [0.4, 0.5) is 0 Å². The highest BCUT2D eigenvalue weighted by atomic mass is 32.2. The van der Waals surface area contributed by atoms with Crippen molar-refractivity contribution in [3.63, 3.8) is 0 Å². The summed E-state index contributed by atoms with van der Waals surface area (Å²) < 4.78 is 23.6. The maximum absolute atomic E-state index is 11.6. The van der Waals surface area contributed by atoms with Gasteiger partial charge in [-0.3, -0.25) is 4.79 Å². The summed E-state index contributed by atoms with van der Waals surface area (Å²) in [5.74, 6) is 0.0836. The number of rotatable bonds is 8. The number of phenols is 1. The van der Waals surface area contributed by atoms with Gasteiger partial charge in [0.1, 0.15) is 5.75 Å². The number of hydrogen-bond acceptors (Lipinski definition) is 4. The monoisotopic (exact) mass is 314 g/mol. The van der Waals surface area contributed by atoms with E-state index in [9.17, 15) is 18.3 Å². The van der Waals surface area contributed by atoms with Crippen LogP contribution >= 0.6 is 0 Å². The van der Waals surface area contributed by atoms with E-state index in [1.54, 1.807) is 18.2 Å². The number of hydrogen-bond donors (Lipinski definition) is 2. The van der Waals surface area contributed by atoms with Crippen molar-refractivity contribution in [1.82, 2.24) is 9.62 Å². The smallest absolute Gasteiger partial charge is 0.220 e. The number of aryl methyl sites for hydroxylation is 1. The fraction of sp³-hybridized carbons (Fsp3) is 0.500. The van der Waals surface area contributed by atoms with E-state index in [0.717, 1.165) is 11.8 Å². The Balaban J connectivity index is 2.22. The lowest BCUT2D eigenvalue weighted by Gasteiger charge is -2.13. The van der Waals surface area contributed by atoms with Crippen LogP contribution in [0.15, 0.2) is 24.3 Å². The fourth-order valence-electron chi connectivity index (χ4n) is 1.75. The quantitative estimate of drug-likeness (QED) is 0.692. The zero-order valence-electron chi connectivity index (χ0n) is 12.4. The third-order valence-electron chi connectivity index (χ3n) is 3.15. The molecule has 1 rings (SSSR count). The molecule has 1 amide bonds. The van der Waals surface area contributed by atoms with Gasteiger partial charge in [0.15, 0.2) is 0 Å². The van der Waals surface area contributed by atoms with Crippen molar-refractivity contribution in [1.29, 1.82) is 0 Å². The van der Waals surface area contributed by atoms with Gasteiger partial charge in [0.05, 0.1) is 6.26 Å². The number of phenolic OH excluding ortho intramolecular Hbond substituents is 1. The molecule has 0 atom stereocenters. The van der Waals surface area contributed by atoms with Crippen molar-refractivity contribution in [2.45, 2.75) is 19.3 Å². The molecule has 0 aromatic heterocycles. The van der Waals surface area contributed by atoms with Crippen molar-refractivity contribution in [2.75, 3.05) is 26.4 Å². The summed E-state index contributed by atoms with van der Waals surface area (Å²) >= 11 is 0. The van der Waals surface area contributed by atoms with Crippen LogP contribution in [0.3, 0.4) is 0 Å². The average molecular weight is 314 g/mol. The van der Waals surface area contributed by atoms with Crippen LogP contribution in [-0.2, 0) is 21.2 Å². The first-order chi connectivity index (χ1) is 9.80. The van der Waals surface area contributed by atoms with Crippen LogP contribution in [0, 0.1) is 0 Å². The lowest BCUT2D eigenvalue weighted by Crippen LogP contribution is -2.31. The number of sulfonamides is 1. The highest BCUT2D eigenvalue weighted by Crippen LogP contribution is 2.16. The summed E-state index contributed by atoms with van der Waals surface area (Å²) in [6.07, 6.45) is 2.48. The van der Waals surface area contributed by atoms with Gasteiger partial charge in [0, 0.05) is 26.6 Å². The Morgan fingerprint density at radius 3 is 2.62 bits per heavy atom. The largest absolute Gasteiger partial charge is 0.508 e. The van der Waals surface area contributed by atoms with E-state index in [4.69, 9.17) is 0 Å². The first-order valence-corrected chi connectivity index (χ1v) is 8.60. The second-order valence-corrected chi connectivity index (χ2v) is 7.01. The SMILES string of the molecule is CN(CCCNC(=O)CCc1ccccc1O)S(C)(=O)=O. The minimum Gasteiger partial charge on any atom is -0.508 e. The molecule has 7 heteroatoms. The van der Waals surface area contributed by atoms with Gasteiger partial charge in [-0.05, 0) is 24.5 Å². The molecule has 0 aliphatic carbocycles. The number of carbonyl (C=O) groups excluding carboxylic acids is 1. The second-order valence-electron chi connectivity index (χ2n) is 4.92. The van der Waals surface area contributed by atoms with Crippen molar-refractivity contribution in [3.05, 3.63) is 29.8 Å². The van der Waals surface area contributed by atoms with Crippen LogP contribution in [0.2, 0.25) is 0 Å². The molecule has 0 radical (unpaired) electrons. The number of carbonyl (C=O) groups is 1. The molecule has 0 fully saturated rings. The van der Waals surface area contributed by atoms with Gasteiger partial charge >= 0.3 is 0 Å². The molecule has 0 spiro atoms. The summed E-state index contributed by atoms with van der Waals surface area (Å²) in [7, 11) is -1.65.